The van der Waals surface area contributed by atoms with Gasteiger partial charge in [0, 0.05) is 11.1 Å². The summed E-state index contributed by atoms with van der Waals surface area (Å²) in [4.78, 5) is 4.54. The maximum absolute atomic E-state index is 4.54. The minimum Gasteiger partial charge on any atom is -0.310 e. The lowest BCUT2D eigenvalue weighted by Crippen LogP contribution is -2.04. The third-order valence-electron chi connectivity index (χ3n) is 3.46. The first-order chi connectivity index (χ1) is 8.43. The molecule has 82 valence electrons. The fourth-order valence-corrected chi connectivity index (χ4v) is 2.69. The van der Waals surface area contributed by atoms with Gasteiger partial charge in [-0.05, 0) is 31.1 Å². The molecule has 4 rings (SSSR count). The Bertz CT molecular complexity index is 750. The van der Waals surface area contributed by atoms with Crippen LogP contribution in [-0.2, 0) is 6.42 Å². The number of hydrogen-bond donors (Lipinski definition) is 0. The van der Waals surface area contributed by atoms with Gasteiger partial charge in [0.15, 0.2) is 0 Å². The Labute approximate surface area is 99.2 Å². The normalized spacial score (nSPS) is 14.4. The van der Waals surface area contributed by atoms with E-state index < -0.39 is 0 Å². The second-order valence-corrected chi connectivity index (χ2v) is 4.49. The van der Waals surface area contributed by atoms with Crippen LogP contribution in [0.3, 0.4) is 0 Å². The molecule has 1 aliphatic rings. The van der Waals surface area contributed by atoms with E-state index in [4.69, 9.17) is 0 Å². The Hall–Kier alpha value is -2.09. The molecule has 0 bridgehead atoms. The van der Waals surface area contributed by atoms with Crippen LogP contribution in [-0.4, -0.2) is 9.38 Å². The molecule has 0 unspecified atom stereocenters. The van der Waals surface area contributed by atoms with Crippen LogP contribution in [0, 0.1) is 0 Å². The number of benzene rings is 1. The lowest BCUT2D eigenvalue weighted by Gasteiger charge is -2.12. The molecule has 1 aromatic carbocycles. The highest BCUT2D eigenvalue weighted by Crippen LogP contribution is 2.25. The molecule has 0 saturated heterocycles. The van der Waals surface area contributed by atoms with Gasteiger partial charge in [-0.1, -0.05) is 24.3 Å². The van der Waals surface area contributed by atoms with E-state index >= 15 is 0 Å². The van der Waals surface area contributed by atoms with Crippen molar-refractivity contribution < 1.29 is 0 Å². The average molecular weight is 220 g/mol. The number of rotatable bonds is 0. The van der Waals surface area contributed by atoms with E-state index in [2.05, 4.69) is 51.9 Å². The van der Waals surface area contributed by atoms with Gasteiger partial charge in [0.2, 0.25) is 0 Å². The lowest BCUT2D eigenvalue weighted by molar-refractivity contribution is 0.888. The fraction of sp³-hybridized carbons (Fsp3) is 0.133. The quantitative estimate of drug-likeness (QED) is 0.567. The van der Waals surface area contributed by atoms with Gasteiger partial charge in [-0.25, -0.2) is 0 Å². The second kappa shape index (κ2) is 3.20. The summed E-state index contributed by atoms with van der Waals surface area (Å²) in [6, 6.07) is 10.7. The van der Waals surface area contributed by atoms with Crippen molar-refractivity contribution in [3.63, 3.8) is 0 Å². The molecule has 0 amide bonds. The van der Waals surface area contributed by atoms with Crippen molar-refractivity contribution in [3.05, 3.63) is 54.0 Å². The summed E-state index contributed by atoms with van der Waals surface area (Å²) in [6.45, 7) is 0. The van der Waals surface area contributed by atoms with Crippen molar-refractivity contribution in [2.45, 2.75) is 12.8 Å². The molecule has 0 saturated carbocycles. The molecule has 2 aromatic heterocycles. The topological polar surface area (TPSA) is 17.3 Å². The molecule has 0 atom stereocenters. The third-order valence-corrected chi connectivity index (χ3v) is 3.46. The molecule has 0 spiro atoms. The molecule has 0 radical (unpaired) electrons. The summed E-state index contributed by atoms with van der Waals surface area (Å²) >= 11 is 0. The summed E-state index contributed by atoms with van der Waals surface area (Å²) in [7, 11) is 0. The van der Waals surface area contributed by atoms with Gasteiger partial charge < -0.3 is 4.40 Å². The van der Waals surface area contributed by atoms with Crippen molar-refractivity contribution in [1.82, 2.24) is 9.38 Å². The zero-order chi connectivity index (χ0) is 11.2. The van der Waals surface area contributed by atoms with Gasteiger partial charge in [0.1, 0.15) is 0 Å². The zero-order valence-electron chi connectivity index (χ0n) is 9.43. The van der Waals surface area contributed by atoms with Crippen molar-refractivity contribution in [3.8, 4) is 0 Å². The van der Waals surface area contributed by atoms with Gasteiger partial charge in [-0.3, -0.25) is 4.98 Å². The van der Waals surface area contributed by atoms with Crippen LogP contribution in [0.5, 0.6) is 0 Å². The van der Waals surface area contributed by atoms with Gasteiger partial charge in [-0.2, -0.15) is 0 Å². The number of aromatic nitrogens is 2. The van der Waals surface area contributed by atoms with Crippen molar-refractivity contribution >= 4 is 22.5 Å². The van der Waals surface area contributed by atoms with E-state index in [1.165, 1.54) is 22.1 Å². The number of aryl methyl sites for hydroxylation is 1. The first-order valence-corrected chi connectivity index (χ1v) is 5.98. The van der Waals surface area contributed by atoms with E-state index in [9.17, 15) is 0 Å². The highest BCUT2D eigenvalue weighted by atomic mass is 14.9. The van der Waals surface area contributed by atoms with Gasteiger partial charge in [-0.15, -0.1) is 0 Å². The van der Waals surface area contributed by atoms with Crippen LogP contribution >= 0.6 is 0 Å². The smallest absolute Gasteiger partial charge is 0.0825 e. The molecule has 3 aromatic rings. The predicted octanol–water partition coefficient (Wildman–Crippen LogP) is 3.45. The maximum Gasteiger partial charge on any atom is 0.0825 e. The van der Waals surface area contributed by atoms with Crippen LogP contribution in [0.1, 0.15) is 17.8 Å². The number of fused-ring (bicyclic) bond motifs is 5. The van der Waals surface area contributed by atoms with Crippen LogP contribution in [0.2, 0.25) is 0 Å². The van der Waals surface area contributed by atoms with Crippen LogP contribution in [0.25, 0.3) is 22.5 Å². The van der Waals surface area contributed by atoms with E-state index in [1.54, 1.807) is 0 Å². The minimum absolute atomic E-state index is 1.08. The van der Waals surface area contributed by atoms with E-state index in [1.807, 2.05) is 6.20 Å². The minimum atomic E-state index is 1.08. The molecule has 2 heterocycles. The van der Waals surface area contributed by atoms with Crippen molar-refractivity contribution in [1.29, 1.82) is 0 Å². The maximum atomic E-state index is 4.54. The lowest BCUT2D eigenvalue weighted by atomic mass is 10.1. The molecule has 1 aliphatic carbocycles. The Kier molecular flexibility index (Phi) is 1.69. The number of para-hydroxylation sites is 1. The van der Waals surface area contributed by atoms with Crippen LogP contribution in [0.15, 0.2) is 42.6 Å². The van der Waals surface area contributed by atoms with Crippen LogP contribution < -0.4 is 0 Å². The molecule has 0 N–H and O–H groups in total. The van der Waals surface area contributed by atoms with Crippen molar-refractivity contribution in [2.75, 3.05) is 0 Å². The Morgan fingerprint density at radius 1 is 1.18 bits per heavy atom. The number of hydrogen-bond acceptors (Lipinski definition) is 1. The second-order valence-electron chi connectivity index (χ2n) is 4.49. The first-order valence-electron chi connectivity index (χ1n) is 5.98. The highest BCUT2D eigenvalue weighted by molar-refractivity contribution is 5.87. The van der Waals surface area contributed by atoms with Gasteiger partial charge >= 0.3 is 0 Å². The third kappa shape index (κ3) is 1.18. The van der Waals surface area contributed by atoms with E-state index in [0.29, 0.717) is 0 Å². The average Bonchev–Trinajstić information content (AvgIpc) is 2.77. The zero-order valence-corrected chi connectivity index (χ0v) is 9.43. The summed E-state index contributed by atoms with van der Waals surface area (Å²) in [5.41, 5.74) is 4.94. The van der Waals surface area contributed by atoms with Gasteiger partial charge in [0.05, 0.1) is 22.9 Å². The Morgan fingerprint density at radius 3 is 3.12 bits per heavy atom. The number of nitrogens with zero attached hydrogens (tertiary/aromatic N) is 2. The summed E-state index contributed by atoms with van der Waals surface area (Å²) < 4.78 is 2.35. The fourth-order valence-electron chi connectivity index (χ4n) is 2.69. The SMILES string of the molecule is C1=Cc2ncc3cc4ccccc4n3c2CC1. The molecule has 17 heavy (non-hydrogen) atoms. The largest absolute Gasteiger partial charge is 0.310 e. The standard InChI is InChI=1S/C15H12N2/c1-3-7-14-11(5-1)9-12-10-16-13-6-2-4-8-15(13)17(12)14/h1-3,5-7,9-10H,4,8H2. The Morgan fingerprint density at radius 2 is 2.12 bits per heavy atom. The molecule has 0 aliphatic heterocycles. The molecule has 2 nitrogen and oxygen atoms in total. The highest BCUT2D eigenvalue weighted by Gasteiger charge is 2.12. The van der Waals surface area contributed by atoms with E-state index in [-0.39, 0.29) is 0 Å². The summed E-state index contributed by atoms with van der Waals surface area (Å²) in [5.74, 6) is 0. The molecular formula is C15H12N2. The molecule has 2 heteroatoms. The predicted molar refractivity (Wildman–Crippen MR) is 70.1 cm³/mol. The van der Waals surface area contributed by atoms with Crippen molar-refractivity contribution in [2.24, 2.45) is 0 Å². The monoisotopic (exact) mass is 220 g/mol. The van der Waals surface area contributed by atoms with Gasteiger partial charge in [0.25, 0.3) is 0 Å². The molecular weight excluding hydrogens is 208 g/mol. The first kappa shape index (κ1) is 8.99. The molecule has 0 fully saturated rings. The summed E-state index contributed by atoms with van der Waals surface area (Å²) in [6.07, 6.45) is 8.49. The van der Waals surface area contributed by atoms with E-state index in [0.717, 1.165) is 18.5 Å². The number of allylic oxidation sites excluding steroid dienone is 1. The Balaban J connectivity index is 2.24. The van der Waals surface area contributed by atoms with Crippen LogP contribution in [0.4, 0.5) is 0 Å². The summed E-state index contributed by atoms with van der Waals surface area (Å²) in [5, 5.41) is 1.29.